The molecule has 0 spiro atoms. The van der Waals surface area contributed by atoms with Crippen LogP contribution in [0.4, 0.5) is 0 Å². The molecule has 1 rings (SSSR count). The van der Waals surface area contributed by atoms with Crippen molar-refractivity contribution in [2.75, 3.05) is 13.6 Å². The molecule has 278 valence electrons. The van der Waals surface area contributed by atoms with Crippen molar-refractivity contribution in [2.45, 2.75) is 128 Å². The molecule has 49 heavy (non-hydrogen) atoms. The molecule has 1 aliphatic carbocycles. The zero-order chi connectivity index (χ0) is 37.1. The van der Waals surface area contributed by atoms with Gasteiger partial charge in [-0.3, -0.25) is 38.4 Å². The molecule has 1 saturated carbocycles. The minimum absolute atomic E-state index is 0.0248. The molecule has 17 nitrogen and oxygen atoms in total. The van der Waals surface area contributed by atoms with Crippen LogP contribution >= 0.6 is 0 Å². The van der Waals surface area contributed by atoms with E-state index in [4.69, 9.17) is 11.5 Å². The molecule has 0 aliphatic heterocycles. The molecule has 17 heteroatoms. The highest BCUT2D eigenvalue weighted by molar-refractivity contribution is 5.97. The SMILES string of the molecule is CNCCC[C@H](NC(C)=O)C(=O)NC(CCC(N)=O)C(=O)N[C@@H](CC1CCCCC1)C(=O)NC(CC(=O)O)C(=O)N[C@@H](CC(C)C)C(N)=O. The summed E-state index contributed by atoms with van der Waals surface area (Å²) in [7, 11) is 1.73. The normalized spacial score (nSPS) is 16.3. The molecule has 0 aromatic rings. The minimum atomic E-state index is -1.61. The van der Waals surface area contributed by atoms with Crippen LogP contribution in [0.2, 0.25) is 0 Å². The Bertz CT molecular complexity index is 1160. The average molecular weight is 697 g/mol. The van der Waals surface area contributed by atoms with Crippen LogP contribution in [0, 0.1) is 11.8 Å². The van der Waals surface area contributed by atoms with Gasteiger partial charge in [-0.25, -0.2) is 0 Å². The summed E-state index contributed by atoms with van der Waals surface area (Å²) < 4.78 is 0. The third-order valence-corrected chi connectivity index (χ3v) is 8.23. The zero-order valence-corrected chi connectivity index (χ0v) is 29.1. The van der Waals surface area contributed by atoms with E-state index in [0.717, 1.165) is 32.1 Å². The third kappa shape index (κ3) is 17.6. The number of primary amides is 2. The first kappa shape index (κ1) is 42.7. The summed E-state index contributed by atoms with van der Waals surface area (Å²) in [6, 6.07) is -6.27. The second kappa shape index (κ2) is 22.4. The van der Waals surface area contributed by atoms with Crippen molar-refractivity contribution >= 4 is 47.3 Å². The number of carbonyl (C=O) groups excluding carboxylic acids is 7. The highest BCUT2D eigenvalue weighted by atomic mass is 16.4. The summed E-state index contributed by atoms with van der Waals surface area (Å²) in [6.45, 7) is 5.43. The van der Waals surface area contributed by atoms with Gasteiger partial charge in [0.1, 0.15) is 30.2 Å². The van der Waals surface area contributed by atoms with Gasteiger partial charge in [-0.1, -0.05) is 46.0 Å². The van der Waals surface area contributed by atoms with Gasteiger partial charge in [0.15, 0.2) is 0 Å². The molecule has 0 saturated heterocycles. The van der Waals surface area contributed by atoms with Gasteiger partial charge >= 0.3 is 5.97 Å². The Kier molecular flexibility index (Phi) is 19.5. The van der Waals surface area contributed by atoms with Crippen molar-refractivity contribution < 1.29 is 43.5 Å². The monoisotopic (exact) mass is 696 g/mol. The van der Waals surface area contributed by atoms with Crippen molar-refractivity contribution in [1.82, 2.24) is 31.9 Å². The lowest BCUT2D eigenvalue weighted by Gasteiger charge is -2.30. The Labute approximate surface area is 287 Å². The highest BCUT2D eigenvalue weighted by Crippen LogP contribution is 2.27. The van der Waals surface area contributed by atoms with Gasteiger partial charge in [0.05, 0.1) is 6.42 Å². The van der Waals surface area contributed by atoms with Gasteiger partial charge in [0.25, 0.3) is 0 Å². The first-order valence-electron chi connectivity index (χ1n) is 17.0. The molecular weight excluding hydrogens is 640 g/mol. The molecule has 0 aromatic heterocycles. The number of carboxylic acid groups (broad SMARTS) is 1. The first-order valence-corrected chi connectivity index (χ1v) is 17.0. The number of hydrogen-bond acceptors (Lipinski definition) is 9. The maximum absolute atomic E-state index is 13.7. The molecule has 0 bridgehead atoms. The van der Waals surface area contributed by atoms with E-state index in [-0.39, 0.29) is 43.9 Å². The van der Waals surface area contributed by atoms with Gasteiger partial charge in [0.2, 0.25) is 41.4 Å². The number of amides is 7. The Hall–Kier alpha value is -4.28. The number of carbonyl (C=O) groups is 8. The second-order valence-electron chi connectivity index (χ2n) is 13.1. The molecule has 0 radical (unpaired) electrons. The summed E-state index contributed by atoms with van der Waals surface area (Å²) in [5.74, 6) is -6.69. The molecule has 0 aromatic carbocycles. The van der Waals surface area contributed by atoms with Gasteiger partial charge in [-0.2, -0.15) is 0 Å². The Morgan fingerprint density at radius 2 is 1.22 bits per heavy atom. The third-order valence-electron chi connectivity index (χ3n) is 8.23. The van der Waals surface area contributed by atoms with Gasteiger partial charge < -0.3 is 48.5 Å². The van der Waals surface area contributed by atoms with Gasteiger partial charge in [0, 0.05) is 13.3 Å². The van der Waals surface area contributed by atoms with E-state index >= 15 is 0 Å². The van der Waals surface area contributed by atoms with E-state index in [9.17, 15) is 43.5 Å². The molecule has 5 atom stereocenters. The molecule has 1 aliphatic rings. The van der Waals surface area contributed by atoms with Crippen molar-refractivity contribution in [3.8, 4) is 0 Å². The van der Waals surface area contributed by atoms with E-state index < -0.39 is 83.9 Å². The molecule has 11 N–H and O–H groups in total. The predicted molar refractivity (Wildman–Crippen MR) is 179 cm³/mol. The highest BCUT2D eigenvalue weighted by Gasteiger charge is 2.34. The topological polar surface area (TPSA) is 281 Å². The van der Waals surface area contributed by atoms with Gasteiger partial charge in [-0.05, 0) is 57.5 Å². The summed E-state index contributed by atoms with van der Waals surface area (Å²) in [6.07, 6.45) is 4.23. The second-order valence-corrected chi connectivity index (χ2v) is 13.1. The molecule has 1 fully saturated rings. The van der Waals surface area contributed by atoms with Crippen LogP contribution in [0.15, 0.2) is 0 Å². The lowest BCUT2D eigenvalue weighted by Crippen LogP contribution is -2.59. The minimum Gasteiger partial charge on any atom is -0.481 e. The van der Waals surface area contributed by atoms with Crippen molar-refractivity contribution in [2.24, 2.45) is 23.3 Å². The largest absolute Gasteiger partial charge is 0.481 e. The van der Waals surface area contributed by atoms with Gasteiger partial charge in [-0.15, -0.1) is 0 Å². The lowest BCUT2D eigenvalue weighted by molar-refractivity contribution is -0.141. The predicted octanol–water partition coefficient (Wildman–Crippen LogP) is -1.33. The van der Waals surface area contributed by atoms with E-state index in [2.05, 4.69) is 31.9 Å². The smallest absolute Gasteiger partial charge is 0.305 e. The standard InChI is InChI=1S/C32H56N8O9/c1-18(2)15-23(28(34)45)38-32(49)25(17-27(43)44)40-31(48)24(16-20-9-6-5-7-10-20)39-30(47)22(12-13-26(33)42)37-29(46)21(36-19(3)41)11-8-14-35-4/h18,20-25,35H,5-17H2,1-4H3,(H2,33,42)(H2,34,45)(H,36,41)(H,37,46)(H,38,49)(H,39,47)(H,40,48)(H,43,44)/t21-,22?,23-,24-,25?/m0/s1. The number of carboxylic acids is 1. The fourth-order valence-corrected chi connectivity index (χ4v) is 5.73. The maximum Gasteiger partial charge on any atom is 0.305 e. The lowest BCUT2D eigenvalue weighted by atomic mass is 9.84. The van der Waals surface area contributed by atoms with Crippen molar-refractivity contribution in [3.05, 3.63) is 0 Å². The van der Waals surface area contributed by atoms with E-state index in [1.54, 1.807) is 20.9 Å². The molecular formula is C32H56N8O9. The number of nitrogens with one attached hydrogen (secondary N) is 6. The Morgan fingerprint density at radius 1 is 0.714 bits per heavy atom. The van der Waals surface area contributed by atoms with Crippen LogP contribution in [0.3, 0.4) is 0 Å². The average Bonchev–Trinajstić information content (AvgIpc) is 3.01. The Balaban J connectivity index is 3.31. The summed E-state index contributed by atoms with van der Waals surface area (Å²) in [5, 5.41) is 25.1. The zero-order valence-electron chi connectivity index (χ0n) is 29.1. The fraction of sp³-hybridized carbons (Fsp3) is 0.750. The van der Waals surface area contributed by atoms with E-state index in [1.165, 1.54) is 6.92 Å². The quantitative estimate of drug-likeness (QED) is 0.0568. The molecule has 2 unspecified atom stereocenters. The summed E-state index contributed by atoms with van der Waals surface area (Å²) in [4.78, 5) is 101. The summed E-state index contributed by atoms with van der Waals surface area (Å²) >= 11 is 0. The van der Waals surface area contributed by atoms with Crippen LogP contribution in [-0.4, -0.2) is 96.2 Å². The van der Waals surface area contributed by atoms with Crippen LogP contribution < -0.4 is 43.4 Å². The first-order chi connectivity index (χ1) is 23.0. The van der Waals surface area contributed by atoms with E-state index in [1.807, 2.05) is 0 Å². The van der Waals surface area contributed by atoms with E-state index in [0.29, 0.717) is 13.0 Å². The van der Waals surface area contributed by atoms with Crippen LogP contribution in [-0.2, 0) is 38.4 Å². The number of hydrogen-bond donors (Lipinski definition) is 9. The fourth-order valence-electron chi connectivity index (χ4n) is 5.73. The van der Waals surface area contributed by atoms with Crippen LogP contribution in [0.25, 0.3) is 0 Å². The van der Waals surface area contributed by atoms with Crippen molar-refractivity contribution in [1.29, 1.82) is 0 Å². The van der Waals surface area contributed by atoms with Crippen molar-refractivity contribution in [3.63, 3.8) is 0 Å². The number of nitrogens with two attached hydrogens (primary N) is 2. The number of aliphatic carboxylic acids is 1. The maximum atomic E-state index is 13.7. The number of rotatable bonds is 23. The molecule has 0 heterocycles. The van der Waals surface area contributed by atoms with Crippen LogP contribution in [0.1, 0.15) is 97.8 Å². The van der Waals surface area contributed by atoms with Crippen LogP contribution in [0.5, 0.6) is 0 Å². The molecule has 7 amide bonds. The summed E-state index contributed by atoms with van der Waals surface area (Å²) in [5.41, 5.74) is 10.8. The Morgan fingerprint density at radius 3 is 1.73 bits per heavy atom.